The number of halogens is 2. The van der Waals surface area contributed by atoms with E-state index in [4.69, 9.17) is 27.9 Å². The zero-order chi connectivity index (χ0) is 22.9. The highest BCUT2D eigenvalue weighted by molar-refractivity contribution is 6.42. The molecule has 2 N–H and O–H groups in total. The van der Waals surface area contributed by atoms with E-state index < -0.39 is 17.4 Å². The summed E-state index contributed by atoms with van der Waals surface area (Å²) in [5.74, 6) is -0.815. The quantitative estimate of drug-likeness (QED) is 0.525. The summed E-state index contributed by atoms with van der Waals surface area (Å²) in [5, 5.41) is 20.6. The van der Waals surface area contributed by atoms with Crippen LogP contribution in [0.25, 0.3) is 10.9 Å². The van der Waals surface area contributed by atoms with E-state index in [9.17, 15) is 19.8 Å². The van der Waals surface area contributed by atoms with Crippen molar-refractivity contribution in [2.75, 3.05) is 13.7 Å². The van der Waals surface area contributed by atoms with E-state index in [1.165, 1.54) is 13.3 Å². The van der Waals surface area contributed by atoms with Crippen LogP contribution >= 0.6 is 23.2 Å². The van der Waals surface area contributed by atoms with Crippen molar-refractivity contribution in [3.63, 3.8) is 0 Å². The molecule has 0 bridgehead atoms. The van der Waals surface area contributed by atoms with Gasteiger partial charge in [-0.1, -0.05) is 49.2 Å². The first-order valence-electron chi connectivity index (χ1n) is 9.72. The van der Waals surface area contributed by atoms with Crippen molar-refractivity contribution < 1.29 is 19.7 Å². The second kappa shape index (κ2) is 9.30. The zero-order valence-electron chi connectivity index (χ0n) is 17.4. The van der Waals surface area contributed by atoms with Crippen molar-refractivity contribution in [1.29, 1.82) is 0 Å². The number of nitrogens with zero attached hydrogens (tertiary/aromatic N) is 1. The van der Waals surface area contributed by atoms with Gasteiger partial charge in [-0.3, -0.25) is 4.79 Å². The number of aromatic carboxylic acids is 1. The molecule has 1 aromatic heterocycles. The molecule has 0 aliphatic carbocycles. The molecule has 3 rings (SSSR count). The molecule has 0 spiro atoms. The Morgan fingerprint density at radius 1 is 1.19 bits per heavy atom. The number of methoxy groups -OCH3 is 1. The van der Waals surface area contributed by atoms with Crippen LogP contribution in [-0.2, 0) is 6.42 Å². The summed E-state index contributed by atoms with van der Waals surface area (Å²) in [4.78, 5) is 24.7. The number of rotatable bonds is 7. The number of aromatic nitrogens is 1. The van der Waals surface area contributed by atoms with Crippen molar-refractivity contribution in [1.82, 2.24) is 4.57 Å². The summed E-state index contributed by atoms with van der Waals surface area (Å²) in [6, 6.07) is 8.20. The number of benzene rings is 2. The molecule has 0 saturated heterocycles. The number of carboxylic acids is 1. The van der Waals surface area contributed by atoms with Crippen molar-refractivity contribution in [3.05, 3.63) is 73.5 Å². The van der Waals surface area contributed by atoms with Gasteiger partial charge < -0.3 is 19.5 Å². The number of carbonyl (C=O) groups is 1. The number of hydrogen-bond donors (Lipinski definition) is 2. The largest absolute Gasteiger partial charge is 0.496 e. The lowest BCUT2D eigenvalue weighted by Gasteiger charge is -2.25. The van der Waals surface area contributed by atoms with Gasteiger partial charge in [0, 0.05) is 24.1 Å². The fourth-order valence-electron chi connectivity index (χ4n) is 3.69. The molecule has 3 aromatic rings. The number of hydrogen-bond acceptors (Lipinski definition) is 4. The van der Waals surface area contributed by atoms with Gasteiger partial charge in [-0.15, -0.1) is 0 Å². The molecule has 31 heavy (non-hydrogen) atoms. The Kier molecular flexibility index (Phi) is 6.94. The van der Waals surface area contributed by atoms with Crippen molar-refractivity contribution in [2.24, 2.45) is 5.92 Å². The average molecular weight is 464 g/mol. The van der Waals surface area contributed by atoms with E-state index >= 15 is 0 Å². The lowest BCUT2D eigenvalue weighted by atomic mass is 9.98. The standard InChI is InChI=1S/C23H23Cl2NO5/c1-12(2)19(11-27)26-10-16(23(29)30)22(28)15-8-14(20(31-3)9-18(15)26)7-13-5-4-6-17(24)21(13)25/h4-6,8-10,12,19,27H,7,11H2,1-3H3,(H,29,30)/t19-/m1/s1. The zero-order valence-corrected chi connectivity index (χ0v) is 18.9. The van der Waals surface area contributed by atoms with Gasteiger partial charge in [0.25, 0.3) is 0 Å². The van der Waals surface area contributed by atoms with Gasteiger partial charge >= 0.3 is 5.97 Å². The van der Waals surface area contributed by atoms with Crippen LogP contribution in [-0.4, -0.2) is 34.5 Å². The van der Waals surface area contributed by atoms with Gasteiger partial charge in [-0.2, -0.15) is 0 Å². The molecule has 6 nitrogen and oxygen atoms in total. The van der Waals surface area contributed by atoms with Crippen LogP contribution in [0.2, 0.25) is 10.0 Å². The second-order valence-electron chi connectivity index (χ2n) is 7.65. The minimum Gasteiger partial charge on any atom is -0.496 e. The first kappa shape index (κ1) is 23.1. The Morgan fingerprint density at radius 3 is 2.48 bits per heavy atom. The highest BCUT2D eigenvalue weighted by Gasteiger charge is 2.23. The minimum absolute atomic E-state index is 0.00622. The minimum atomic E-state index is -1.32. The van der Waals surface area contributed by atoms with E-state index in [0.717, 1.165) is 5.56 Å². The number of pyridine rings is 1. The van der Waals surface area contributed by atoms with Gasteiger partial charge in [0.1, 0.15) is 11.3 Å². The van der Waals surface area contributed by atoms with Crippen molar-refractivity contribution >= 4 is 40.1 Å². The Hall–Kier alpha value is -2.54. The maximum Gasteiger partial charge on any atom is 0.341 e. The van der Waals surface area contributed by atoms with Crippen LogP contribution < -0.4 is 10.2 Å². The van der Waals surface area contributed by atoms with Gasteiger partial charge in [0.2, 0.25) is 5.43 Å². The maximum atomic E-state index is 13.0. The highest BCUT2D eigenvalue weighted by atomic mass is 35.5. The molecule has 0 amide bonds. The Labute approximate surface area is 189 Å². The predicted molar refractivity (Wildman–Crippen MR) is 122 cm³/mol. The summed E-state index contributed by atoms with van der Waals surface area (Å²) in [6.45, 7) is 3.62. The van der Waals surface area contributed by atoms with E-state index in [1.807, 2.05) is 19.9 Å². The van der Waals surface area contributed by atoms with Gasteiger partial charge in [0.15, 0.2) is 0 Å². The third-order valence-electron chi connectivity index (χ3n) is 5.39. The first-order chi connectivity index (χ1) is 14.7. The molecular formula is C23H23Cl2NO5. The van der Waals surface area contributed by atoms with Gasteiger partial charge in [0.05, 0.1) is 35.3 Å². The summed E-state index contributed by atoms with van der Waals surface area (Å²) in [7, 11) is 1.52. The Balaban J connectivity index is 2.32. The lowest BCUT2D eigenvalue weighted by Crippen LogP contribution is -2.25. The predicted octanol–water partition coefficient (Wildman–Crippen LogP) is 4.80. The van der Waals surface area contributed by atoms with Crippen LogP contribution in [0, 0.1) is 5.92 Å². The van der Waals surface area contributed by atoms with Gasteiger partial charge in [-0.05, 0) is 29.2 Å². The normalized spacial score (nSPS) is 12.4. The van der Waals surface area contributed by atoms with Crippen molar-refractivity contribution in [3.8, 4) is 5.75 Å². The maximum absolute atomic E-state index is 13.0. The summed E-state index contributed by atoms with van der Waals surface area (Å²) in [6.07, 6.45) is 1.63. The average Bonchev–Trinajstić information content (AvgIpc) is 2.72. The molecule has 0 aliphatic heterocycles. The van der Waals surface area contributed by atoms with E-state index in [1.54, 1.807) is 28.8 Å². The molecule has 8 heteroatoms. The fourth-order valence-corrected chi connectivity index (χ4v) is 4.07. The monoisotopic (exact) mass is 463 g/mol. The molecular weight excluding hydrogens is 441 g/mol. The van der Waals surface area contributed by atoms with Gasteiger partial charge in [-0.25, -0.2) is 4.79 Å². The van der Waals surface area contributed by atoms with Crippen LogP contribution in [0.3, 0.4) is 0 Å². The smallest absolute Gasteiger partial charge is 0.341 e. The number of aliphatic hydroxyl groups is 1. The molecule has 0 saturated carbocycles. The van der Waals surface area contributed by atoms with Crippen LogP contribution in [0.4, 0.5) is 0 Å². The summed E-state index contributed by atoms with van der Waals surface area (Å²) >= 11 is 12.5. The topological polar surface area (TPSA) is 88.8 Å². The Bertz CT molecular complexity index is 1200. The molecule has 1 atom stereocenters. The van der Waals surface area contributed by atoms with E-state index in [-0.39, 0.29) is 23.5 Å². The number of carboxylic acid groups (broad SMARTS) is 1. The molecule has 0 aliphatic rings. The molecule has 2 aromatic carbocycles. The third kappa shape index (κ3) is 4.42. The van der Waals surface area contributed by atoms with E-state index in [0.29, 0.717) is 33.3 Å². The van der Waals surface area contributed by atoms with Crippen LogP contribution in [0.15, 0.2) is 41.3 Å². The molecule has 1 heterocycles. The number of ether oxygens (including phenoxy) is 1. The van der Waals surface area contributed by atoms with Crippen LogP contribution in [0.5, 0.6) is 5.75 Å². The SMILES string of the molecule is COc1cc2c(cc1Cc1cccc(Cl)c1Cl)c(=O)c(C(=O)O)cn2[C@H](CO)C(C)C. The highest BCUT2D eigenvalue weighted by Crippen LogP contribution is 2.33. The number of aliphatic hydroxyl groups excluding tert-OH is 1. The van der Waals surface area contributed by atoms with E-state index in [2.05, 4.69) is 0 Å². The number of fused-ring (bicyclic) bond motifs is 1. The summed E-state index contributed by atoms with van der Waals surface area (Å²) in [5.41, 5.74) is 0.941. The molecule has 0 radical (unpaired) electrons. The fraction of sp³-hybridized carbons (Fsp3) is 0.304. The lowest BCUT2D eigenvalue weighted by molar-refractivity contribution is 0.0694. The first-order valence-corrected chi connectivity index (χ1v) is 10.5. The van der Waals surface area contributed by atoms with Crippen molar-refractivity contribution in [2.45, 2.75) is 26.3 Å². The molecule has 0 fully saturated rings. The van der Waals surface area contributed by atoms with Crippen LogP contribution in [0.1, 0.15) is 41.4 Å². The second-order valence-corrected chi connectivity index (χ2v) is 8.43. The summed E-state index contributed by atoms with van der Waals surface area (Å²) < 4.78 is 7.21. The molecule has 0 unspecified atom stereocenters. The Morgan fingerprint density at radius 2 is 1.90 bits per heavy atom. The molecule has 164 valence electrons. The third-order valence-corrected chi connectivity index (χ3v) is 6.25.